The number of aromatic nitrogens is 2. The van der Waals surface area contributed by atoms with Gasteiger partial charge in [-0.25, -0.2) is 9.97 Å². The van der Waals surface area contributed by atoms with Crippen molar-refractivity contribution < 1.29 is 14.3 Å². The number of amides is 1. The number of thioether (sulfide) groups is 1. The fourth-order valence-electron chi connectivity index (χ4n) is 1.68. The van der Waals surface area contributed by atoms with Gasteiger partial charge in [-0.05, 0) is 26.3 Å². The zero-order valence-corrected chi connectivity index (χ0v) is 13.5. The molecule has 2 heterocycles. The Balaban J connectivity index is 2.10. The molecule has 0 saturated carbocycles. The first kappa shape index (κ1) is 15.7. The summed E-state index contributed by atoms with van der Waals surface area (Å²) >= 11 is 2.87. The first-order valence-corrected chi connectivity index (χ1v) is 8.02. The van der Waals surface area contributed by atoms with Gasteiger partial charge in [-0.1, -0.05) is 11.8 Å². The van der Waals surface area contributed by atoms with E-state index in [1.54, 1.807) is 11.3 Å². The van der Waals surface area contributed by atoms with E-state index in [9.17, 15) is 9.59 Å². The SMILES string of the molecule is Cc1sc2ncnc(SCC(=O)O[C@H](C)C(N)=O)c2c1C. The number of fused-ring (bicyclic) bond motifs is 1. The zero-order valence-electron chi connectivity index (χ0n) is 11.9. The van der Waals surface area contributed by atoms with Crippen LogP contribution in [0.1, 0.15) is 17.4 Å². The highest BCUT2D eigenvalue weighted by atomic mass is 32.2. The molecule has 1 amide bonds. The number of carbonyl (C=O) groups excluding carboxylic acids is 2. The van der Waals surface area contributed by atoms with Crippen LogP contribution in [0.5, 0.6) is 0 Å². The largest absolute Gasteiger partial charge is 0.452 e. The summed E-state index contributed by atoms with van der Waals surface area (Å²) in [5.74, 6) is -1.09. The summed E-state index contributed by atoms with van der Waals surface area (Å²) in [5, 5.41) is 1.71. The van der Waals surface area contributed by atoms with E-state index < -0.39 is 18.0 Å². The van der Waals surface area contributed by atoms with Gasteiger partial charge in [0.05, 0.1) is 5.75 Å². The number of hydrogen-bond donors (Lipinski definition) is 1. The first-order chi connectivity index (χ1) is 9.90. The van der Waals surface area contributed by atoms with Crippen molar-refractivity contribution >= 4 is 45.2 Å². The molecule has 0 aromatic carbocycles. The number of nitrogens with two attached hydrogens (primary N) is 1. The molecule has 21 heavy (non-hydrogen) atoms. The number of ether oxygens (including phenoxy) is 1. The number of rotatable bonds is 5. The van der Waals surface area contributed by atoms with Crippen LogP contribution in [0.3, 0.4) is 0 Å². The van der Waals surface area contributed by atoms with Gasteiger partial charge in [0.25, 0.3) is 5.91 Å². The van der Waals surface area contributed by atoms with Crippen molar-refractivity contribution in [1.82, 2.24) is 9.97 Å². The Kier molecular flexibility index (Phi) is 4.79. The Bertz CT molecular complexity index is 699. The van der Waals surface area contributed by atoms with Gasteiger partial charge in [-0.3, -0.25) is 9.59 Å². The number of primary amides is 1. The minimum absolute atomic E-state index is 0.0675. The summed E-state index contributed by atoms with van der Waals surface area (Å²) in [7, 11) is 0. The van der Waals surface area contributed by atoms with Crippen LogP contribution < -0.4 is 5.73 Å². The molecule has 0 radical (unpaired) electrons. The summed E-state index contributed by atoms with van der Waals surface area (Å²) in [5.41, 5.74) is 6.17. The highest BCUT2D eigenvalue weighted by Crippen LogP contribution is 2.34. The molecule has 0 saturated heterocycles. The van der Waals surface area contributed by atoms with Crippen LogP contribution in [0.4, 0.5) is 0 Å². The molecule has 1 atom stereocenters. The second-order valence-corrected chi connectivity index (χ2v) is 6.63. The van der Waals surface area contributed by atoms with Crippen LogP contribution in [0.15, 0.2) is 11.4 Å². The van der Waals surface area contributed by atoms with E-state index in [0.29, 0.717) is 0 Å². The van der Waals surface area contributed by atoms with Crippen molar-refractivity contribution in [2.45, 2.75) is 31.9 Å². The van der Waals surface area contributed by atoms with E-state index in [1.165, 1.54) is 29.9 Å². The molecule has 0 aliphatic carbocycles. The van der Waals surface area contributed by atoms with Crippen LogP contribution in [0, 0.1) is 13.8 Å². The lowest BCUT2D eigenvalue weighted by Gasteiger charge is -2.09. The molecule has 0 spiro atoms. The molecular weight excluding hydrogens is 310 g/mol. The molecule has 0 unspecified atom stereocenters. The van der Waals surface area contributed by atoms with Crippen molar-refractivity contribution in [3.63, 3.8) is 0 Å². The molecule has 0 fully saturated rings. The van der Waals surface area contributed by atoms with E-state index in [-0.39, 0.29) is 5.75 Å². The average molecular weight is 325 g/mol. The smallest absolute Gasteiger partial charge is 0.317 e. The van der Waals surface area contributed by atoms with Gasteiger partial charge < -0.3 is 10.5 Å². The van der Waals surface area contributed by atoms with Gasteiger partial charge in [0.15, 0.2) is 6.10 Å². The molecular formula is C13H15N3O3S2. The number of nitrogens with zero attached hydrogens (tertiary/aromatic N) is 2. The standard InChI is InChI=1S/C13H15N3O3S2/c1-6-8(3)21-13-10(6)12(15-5-16-13)20-4-9(17)19-7(2)11(14)18/h5,7H,4H2,1-3H3,(H2,14,18)/t7-/m1/s1. The maximum atomic E-state index is 11.7. The number of aryl methyl sites for hydroxylation is 2. The van der Waals surface area contributed by atoms with Gasteiger partial charge in [-0.15, -0.1) is 11.3 Å². The molecule has 6 nitrogen and oxygen atoms in total. The Morgan fingerprint density at radius 2 is 2.14 bits per heavy atom. The third-order valence-electron chi connectivity index (χ3n) is 2.97. The first-order valence-electron chi connectivity index (χ1n) is 6.22. The Morgan fingerprint density at radius 1 is 1.43 bits per heavy atom. The fourth-order valence-corrected chi connectivity index (χ4v) is 3.58. The minimum Gasteiger partial charge on any atom is -0.452 e. The third kappa shape index (κ3) is 3.51. The molecule has 0 bridgehead atoms. The topological polar surface area (TPSA) is 95.2 Å². The molecule has 112 valence electrons. The van der Waals surface area contributed by atoms with Gasteiger partial charge in [0, 0.05) is 10.3 Å². The average Bonchev–Trinajstić information content (AvgIpc) is 2.72. The monoisotopic (exact) mass is 325 g/mol. The number of esters is 1. The Labute approximate surface area is 130 Å². The van der Waals surface area contributed by atoms with Crippen LogP contribution in [0.25, 0.3) is 10.2 Å². The predicted molar refractivity (Wildman–Crippen MR) is 82.4 cm³/mol. The van der Waals surface area contributed by atoms with Crippen LogP contribution in [0.2, 0.25) is 0 Å². The quantitative estimate of drug-likeness (QED) is 0.512. The predicted octanol–water partition coefficient (Wildman–Crippen LogP) is 1.82. The van der Waals surface area contributed by atoms with E-state index in [0.717, 1.165) is 20.8 Å². The Morgan fingerprint density at radius 3 is 2.81 bits per heavy atom. The van der Waals surface area contributed by atoms with Gasteiger partial charge in [0.1, 0.15) is 16.2 Å². The van der Waals surface area contributed by atoms with Gasteiger partial charge in [0.2, 0.25) is 0 Å². The van der Waals surface area contributed by atoms with Crippen LogP contribution in [-0.2, 0) is 14.3 Å². The van der Waals surface area contributed by atoms with E-state index in [2.05, 4.69) is 9.97 Å². The van der Waals surface area contributed by atoms with Crippen molar-refractivity contribution in [3.8, 4) is 0 Å². The highest BCUT2D eigenvalue weighted by Gasteiger charge is 2.17. The molecule has 0 aliphatic rings. The lowest BCUT2D eigenvalue weighted by atomic mass is 10.2. The van der Waals surface area contributed by atoms with Crippen molar-refractivity contribution in [2.75, 3.05) is 5.75 Å². The van der Waals surface area contributed by atoms with Crippen molar-refractivity contribution in [3.05, 3.63) is 16.8 Å². The van der Waals surface area contributed by atoms with Crippen molar-refractivity contribution in [2.24, 2.45) is 5.73 Å². The lowest BCUT2D eigenvalue weighted by molar-refractivity contribution is -0.151. The molecule has 2 aromatic rings. The highest BCUT2D eigenvalue weighted by molar-refractivity contribution is 8.00. The molecule has 2 rings (SSSR count). The molecule has 0 aliphatic heterocycles. The minimum atomic E-state index is -0.923. The van der Waals surface area contributed by atoms with E-state index in [4.69, 9.17) is 10.5 Å². The van der Waals surface area contributed by atoms with Crippen molar-refractivity contribution in [1.29, 1.82) is 0 Å². The summed E-state index contributed by atoms with van der Waals surface area (Å²) in [6.45, 7) is 5.48. The molecule has 2 N–H and O–H groups in total. The summed E-state index contributed by atoms with van der Waals surface area (Å²) < 4.78 is 4.91. The maximum absolute atomic E-state index is 11.7. The zero-order chi connectivity index (χ0) is 15.6. The van der Waals surface area contributed by atoms with Gasteiger partial charge in [-0.2, -0.15) is 0 Å². The number of hydrogen-bond acceptors (Lipinski definition) is 7. The summed E-state index contributed by atoms with van der Waals surface area (Å²) in [4.78, 5) is 33.1. The maximum Gasteiger partial charge on any atom is 0.317 e. The lowest BCUT2D eigenvalue weighted by Crippen LogP contribution is -2.31. The Hall–Kier alpha value is -1.67. The summed E-state index contributed by atoms with van der Waals surface area (Å²) in [6.07, 6.45) is 0.561. The summed E-state index contributed by atoms with van der Waals surface area (Å²) in [6, 6.07) is 0. The van der Waals surface area contributed by atoms with E-state index >= 15 is 0 Å². The molecule has 2 aromatic heterocycles. The molecule has 8 heteroatoms. The second kappa shape index (κ2) is 6.40. The number of thiophene rings is 1. The number of carbonyl (C=O) groups is 2. The van der Waals surface area contributed by atoms with Crippen LogP contribution >= 0.6 is 23.1 Å². The third-order valence-corrected chi connectivity index (χ3v) is 5.04. The van der Waals surface area contributed by atoms with E-state index in [1.807, 2.05) is 13.8 Å². The second-order valence-electron chi connectivity index (χ2n) is 4.47. The fraction of sp³-hybridized carbons (Fsp3) is 0.385. The normalized spacial score (nSPS) is 12.3. The van der Waals surface area contributed by atoms with Crippen LogP contribution in [-0.4, -0.2) is 33.7 Å². The van der Waals surface area contributed by atoms with Gasteiger partial charge >= 0.3 is 5.97 Å².